The van der Waals surface area contributed by atoms with Crippen molar-refractivity contribution < 1.29 is 13.8 Å². The molecular formula is C13H17N3O3. The number of nitrogens with zero attached hydrogens (tertiary/aromatic N) is 3. The van der Waals surface area contributed by atoms with Gasteiger partial charge in [0.25, 0.3) is 5.89 Å². The summed E-state index contributed by atoms with van der Waals surface area (Å²) < 4.78 is 15.8. The molecule has 3 rings (SSSR count). The Hall–Kier alpha value is -1.69. The normalized spacial score (nSPS) is 23.9. The van der Waals surface area contributed by atoms with Gasteiger partial charge in [0, 0.05) is 12.7 Å². The molecule has 1 saturated heterocycles. The predicted molar refractivity (Wildman–Crippen MR) is 66.3 cm³/mol. The number of aromatic nitrogens is 3. The molecular weight excluding hydrogens is 246 g/mol. The average Bonchev–Trinajstić information content (AvgIpc) is 3.09. The quantitative estimate of drug-likeness (QED) is 0.829. The molecule has 0 aliphatic carbocycles. The van der Waals surface area contributed by atoms with Crippen molar-refractivity contribution in [2.75, 3.05) is 6.61 Å². The Labute approximate surface area is 111 Å². The number of rotatable bonds is 2. The first-order valence-electron chi connectivity index (χ1n) is 6.41. The monoisotopic (exact) mass is 263 g/mol. The smallest absolute Gasteiger partial charge is 0.280 e. The van der Waals surface area contributed by atoms with Crippen molar-refractivity contribution in [1.82, 2.24) is 15.3 Å². The van der Waals surface area contributed by atoms with Crippen molar-refractivity contribution in [2.45, 2.75) is 39.2 Å². The molecule has 0 saturated carbocycles. The molecule has 0 spiro atoms. The van der Waals surface area contributed by atoms with Crippen molar-refractivity contribution in [3.05, 3.63) is 18.2 Å². The van der Waals surface area contributed by atoms with E-state index >= 15 is 0 Å². The van der Waals surface area contributed by atoms with Crippen molar-refractivity contribution in [1.29, 1.82) is 0 Å². The highest BCUT2D eigenvalue weighted by Gasteiger charge is 2.40. The molecule has 2 atom stereocenters. The SMILES string of the molecule is CC(C)(C)[C@H]1OCC[C@@H]1c1noc(-c2ccon2)n1. The molecule has 0 N–H and O–H groups in total. The Kier molecular flexibility index (Phi) is 2.89. The fourth-order valence-corrected chi connectivity index (χ4v) is 2.52. The van der Waals surface area contributed by atoms with Crippen LogP contribution in [-0.2, 0) is 4.74 Å². The molecule has 102 valence electrons. The van der Waals surface area contributed by atoms with Gasteiger partial charge < -0.3 is 13.8 Å². The molecule has 0 bridgehead atoms. The van der Waals surface area contributed by atoms with E-state index in [1.807, 2.05) is 0 Å². The topological polar surface area (TPSA) is 74.2 Å². The molecule has 0 unspecified atom stereocenters. The third kappa shape index (κ3) is 2.28. The van der Waals surface area contributed by atoms with Crippen LogP contribution in [0.5, 0.6) is 0 Å². The zero-order valence-electron chi connectivity index (χ0n) is 11.3. The summed E-state index contributed by atoms with van der Waals surface area (Å²) >= 11 is 0. The molecule has 3 heterocycles. The van der Waals surface area contributed by atoms with Gasteiger partial charge in [-0.1, -0.05) is 31.1 Å². The molecule has 2 aromatic rings. The van der Waals surface area contributed by atoms with Gasteiger partial charge in [-0.3, -0.25) is 0 Å². The van der Waals surface area contributed by atoms with Gasteiger partial charge in [0.15, 0.2) is 11.5 Å². The molecule has 1 aliphatic heterocycles. The summed E-state index contributed by atoms with van der Waals surface area (Å²) in [5.41, 5.74) is 0.612. The first-order chi connectivity index (χ1) is 9.05. The van der Waals surface area contributed by atoms with E-state index in [4.69, 9.17) is 13.8 Å². The minimum absolute atomic E-state index is 0.0514. The molecule has 0 aromatic carbocycles. The highest BCUT2D eigenvalue weighted by atomic mass is 16.5. The van der Waals surface area contributed by atoms with Gasteiger partial charge in [-0.2, -0.15) is 4.98 Å². The van der Waals surface area contributed by atoms with Crippen LogP contribution in [0.25, 0.3) is 11.6 Å². The summed E-state index contributed by atoms with van der Waals surface area (Å²) in [5, 5.41) is 7.86. The maximum atomic E-state index is 5.83. The van der Waals surface area contributed by atoms with Crippen molar-refractivity contribution >= 4 is 0 Å². The lowest BCUT2D eigenvalue weighted by Gasteiger charge is -2.29. The van der Waals surface area contributed by atoms with E-state index in [-0.39, 0.29) is 17.4 Å². The second-order valence-corrected chi connectivity index (χ2v) is 5.90. The van der Waals surface area contributed by atoms with E-state index < -0.39 is 0 Å². The van der Waals surface area contributed by atoms with E-state index in [0.29, 0.717) is 17.4 Å². The average molecular weight is 263 g/mol. The maximum Gasteiger partial charge on any atom is 0.280 e. The van der Waals surface area contributed by atoms with Gasteiger partial charge in [0.2, 0.25) is 0 Å². The first kappa shape index (κ1) is 12.3. The molecule has 0 amide bonds. The largest absolute Gasteiger partial charge is 0.377 e. The second-order valence-electron chi connectivity index (χ2n) is 5.90. The summed E-state index contributed by atoms with van der Waals surface area (Å²) in [6.45, 7) is 7.22. The fraction of sp³-hybridized carbons (Fsp3) is 0.615. The highest BCUT2D eigenvalue weighted by Crippen LogP contribution is 2.40. The summed E-state index contributed by atoms with van der Waals surface area (Å²) in [4.78, 5) is 4.42. The Bertz CT molecular complexity index is 542. The van der Waals surface area contributed by atoms with Crippen molar-refractivity contribution in [3.8, 4) is 11.6 Å². The Morgan fingerprint density at radius 2 is 2.11 bits per heavy atom. The lowest BCUT2D eigenvalue weighted by atomic mass is 9.81. The lowest BCUT2D eigenvalue weighted by molar-refractivity contribution is 0.0193. The second kappa shape index (κ2) is 4.45. The Morgan fingerprint density at radius 1 is 1.26 bits per heavy atom. The minimum atomic E-state index is 0.0514. The van der Waals surface area contributed by atoms with Gasteiger partial charge in [0.1, 0.15) is 6.26 Å². The van der Waals surface area contributed by atoms with E-state index in [1.165, 1.54) is 6.26 Å². The van der Waals surface area contributed by atoms with Crippen molar-refractivity contribution in [3.63, 3.8) is 0 Å². The van der Waals surface area contributed by atoms with E-state index in [0.717, 1.165) is 13.0 Å². The summed E-state index contributed by atoms with van der Waals surface area (Å²) in [6.07, 6.45) is 2.51. The minimum Gasteiger partial charge on any atom is -0.377 e. The van der Waals surface area contributed by atoms with E-state index in [1.54, 1.807) is 6.07 Å². The van der Waals surface area contributed by atoms with Gasteiger partial charge in [0.05, 0.1) is 12.0 Å². The van der Waals surface area contributed by atoms with Crippen LogP contribution < -0.4 is 0 Å². The van der Waals surface area contributed by atoms with E-state index in [9.17, 15) is 0 Å². The first-order valence-corrected chi connectivity index (χ1v) is 6.41. The van der Waals surface area contributed by atoms with Gasteiger partial charge in [-0.05, 0) is 11.8 Å². The Morgan fingerprint density at radius 3 is 2.79 bits per heavy atom. The standard InChI is InChI=1S/C13H17N3O3/c1-13(2,3)10-8(4-6-17-10)11-14-12(19-16-11)9-5-7-18-15-9/h5,7-8,10H,4,6H2,1-3H3/t8-,10-/m0/s1. The molecule has 0 radical (unpaired) electrons. The van der Waals surface area contributed by atoms with Crippen LogP contribution in [0.4, 0.5) is 0 Å². The molecule has 1 fully saturated rings. The predicted octanol–water partition coefficient (Wildman–Crippen LogP) is 2.64. The summed E-state index contributed by atoms with van der Waals surface area (Å²) in [7, 11) is 0. The van der Waals surface area contributed by atoms with Crippen LogP contribution in [0.1, 0.15) is 38.9 Å². The number of hydrogen-bond acceptors (Lipinski definition) is 6. The van der Waals surface area contributed by atoms with Crippen LogP contribution in [0.2, 0.25) is 0 Å². The van der Waals surface area contributed by atoms with E-state index in [2.05, 4.69) is 36.1 Å². The molecule has 6 heteroatoms. The zero-order chi connectivity index (χ0) is 13.5. The van der Waals surface area contributed by atoms with Crippen LogP contribution in [-0.4, -0.2) is 28.0 Å². The van der Waals surface area contributed by atoms with Gasteiger partial charge in [-0.25, -0.2) is 0 Å². The highest BCUT2D eigenvalue weighted by molar-refractivity contribution is 5.44. The van der Waals surface area contributed by atoms with Crippen LogP contribution >= 0.6 is 0 Å². The Balaban J connectivity index is 1.87. The lowest BCUT2D eigenvalue weighted by Crippen LogP contribution is -2.30. The van der Waals surface area contributed by atoms with Crippen LogP contribution in [0, 0.1) is 5.41 Å². The third-order valence-electron chi connectivity index (χ3n) is 3.38. The molecule has 6 nitrogen and oxygen atoms in total. The fourth-order valence-electron chi connectivity index (χ4n) is 2.52. The maximum absolute atomic E-state index is 5.83. The molecule has 1 aliphatic rings. The van der Waals surface area contributed by atoms with Gasteiger partial charge in [-0.15, -0.1) is 0 Å². The molecule has 19 heavy (non-hydrogen) atoms. The molecule has 2 aromatic heterocycles. The third-order valence-corrected chi connectivity index (χ3v) is 3.38. The number of hydrogen-bond donors (Lipinski definition) is 0. The van der Waals surface area contributed by atoms with Gasteiger partial charge >= 0.3 is 0 Å². The van der Waals surface area contributed by atoms with Crippen LogP contribution in [0.15, 0.2) is 21.4 Å². The summed E-state index contributed by atoms with van der Waals surface area (Å²) in [6, 6.07) is 1.70. The van der Waals surface area contributed by atoms with Crippen molar-refractivity contribution in [2.24, 2.45) is 5.41 Å². The zero-order valence-corrected chi connectivity index (χ0v) is 11.3. The summed E-state index contributed by atoms with van der Waals surface area (Å²) in [5.74, 6) is 1.25. The van der Waals surface area contributed by atoms with Crippen LogP contribution in [0.3, 0.4) is 0 Å². The number of ether oxygens (including phenoxy) is 1.